The number of carbonyl (C=O) groups is 2. The number of benzene rings is 1. The predicted octanol–water partition coefficient (Wildman–Crippen LogP) is 1.01. The van der Waals surface area contributed by atoms with E-state index in [1.54, 1.807) is 0 Å². The second-order valence-electron chi connectivity index (χ2n) is 5.16. The second-order valence-corrected chi connectivity index (χ2v) is 5.16. The number of carbonyl (C=O) groups excluding carboxylic acids is 1. The molecular weight excluding hydrogens is 258 g/mol. The zero-order valence-electron chi connectivity index (χ0n) is 11.6. The van der Waals surface area contributed by atoms with Crippen molar-refractivity contribution in [2.45, 2.75) is 31.8 Å². The number of methoxy groups -OCH3 is 1. The molecule has 1 aliphatic rings. The zero-order chi connectivity index (χ0) is 14.7. The van der Waals surface area contributed by atoms with Crippen molar-refractivity contribution in [2.75, 3.05) is 7.11 Å². The second kappa shape index (κ2) is 6.05. The number of hydrogen-bond acceptors (Lipinski definition) is 4. The molecule has 2 atom stereocenters. The summed E-state index contributed by atoms with van der Waals surface area (Å²) in [6.07, 6.45) is 1.52. The fraction of sp³-hybridized carbons (Fsp3) is 0.467. The first-order valence-electron chi connectivity index (χ1n) is 6.66. The first-order valence-corrected chi connectivity index (χ1v) is 6.66. The Bertz CT molecular complexity index is 489. The fourth-order valence-electron chi connectivity index (χ4n) is 2.69. The molecule has 5 nitrogen and oxygen atoms in total. The Morgan fingerprint density at radius 3 is 2.30 bits per heavy atom. The van der Waals surface area contributed by atoms with Crippen LogP contribution in [0, 0.1) is 5.92 Å². The Labute approximate surface area is 117 Å². The van der Waals surface area contributed by atoms with E-state index in [4.69, 9.17) is 9.84 Å². The summed E-state index contributed by atoms with van der Waals surface area (Å²) in [6.45, 7) is 1.53. The molecule has 0 fully saturated rings. The lowest BCUT2D eigenvalue weighted by atomic mass is 9.95. The van der Waals surface area contributed by atoms with Gasteiger partial charge in [-0.15, -0.1) is 0 Å². The van der Waals surface area contributed by atoms with Crippen molar-refractivity contribution in [1.29, 1.82) is 0 Å². The van der Waals surface area contributed by atoms with E-state index >= 15 is 0 Å². The third kappa shape index (κ3) is 2.99. The monoisotopic (exact) mass is 277 g/mol. The number of esters is 1. The molecule has 0 aromatic heterocycles. The van der Waals surface area contributed by atoms with Crippen molar-refractivity contribution in [1.82, 2.24) is 5.32 Å². The number of hydrogen-bond donors (Lipinski definition) is 2. The van der Waals surface area contributed by atoms with Gasteiger partial charge in [-0.2, -0.15) is 0 Å². The summed E-state index contributed by atoms with van der Waals surface area (Å²) in [7, 11) is 1.32. The molecule has 108 valence electrons. The minimum atomic E-state index is -0.977. The lowest BCUT2D eigenvalue weighted by Crippen LogP contribution is -2.50. The number of ether oxygens (including phenoxy) is 1. The van der Waals surface area contributed by atoms with E-state index in [1.807, 2.05) is 24.3 Å². The Kier molecular flexibility index (Phi) is 4.39. The van der Waals surface area contributed by atoms with Crippen molar-refractivity contribution in [3.05, 3.63) is 35.4 Å². The van der Waals surface area contributed by atoms with Gasteiger partial charge in [-0.05, 0) is 36.8 Å². The average Bonchev–Trinajstić information content (AvgIpc) is 2.86. The maximum absolute atomic E-state index is 11.9. The Morgan fingerprint density at radius 2 is 1.85 bits per heavy atom. The highest BCUT2D eigenvalue weighted by molar-refractivity contribution is 5.79. The van der Waals surface area contributed by atoms with Crippen LogP contribution in [-0.2, 0) is 27.2 Å². The van der Waals surface area contributed by atoms with Gasteiger partial charge < -0.3 is 9.84 Å². The highest BCUT2D eigenvalue weighted by Crippen LogP contribution is 2.29. The summed E-state index contributed by atoms with van der Waals surface area (Å²) in [5.41, 5.74) is 2.44. The van der Waals surface area contributed by atoms with Crippen LogP contribution in [0.3, 0.4) is 0 Å². The summed E-state index contributed by atoms with van der Waals surface area (Å²) in [5, 5.41) is 11.9. The van der Waals surface area contributed by atoms with Crippen LogP contribution in [0.2, 0.25) is 0 Å². The molecule has 0 radical (unpaired) electrons. The molecule has 5 heteroatoms. The van der Waals surface area contributed by atoms with Gasteiger partial charge in [0.15, 0.2) is 0 Å². The van der Waals surface area contributed by atoms with Gasteiger partial charge in [0.2, 0.25) is 0 Å². The minimum absolute atomic E-state index is 0.0293. The van der Waals surface area contributed by atoms with Crippen LogP contribution in [0.15, 0.2) is 24.3 Å². The van der Waals surface area contributed by atoms with E-state index in [1.165, 1.54) is 25.2 Å². The quantitative estimate of drug-likeness (QED) is 0.785. The molecule has 0 spiro atoms. The molecule has 0 heterocycles. The highest BCUT2D eigenvalue weighted by Gasteiger charge is 2.35. The topological polar surface area (TPSA) is 75.6 Å². The first-order chi connectivity index (χ1) is 9.52. The molecule has 0 saturated heterocycles. The van der Waals surface area contributed by atoms with E-state index in [0.29, 0.717) is 0 Å². The summed E-state index contributed by atoms with van der Waals surface area (Å²) in [6, 6.07) is 6.65. The van der Waals surface area contributed by atoms with Crippen LogP contribution in [0.1, 0.15) is 18.1 Å². The van der Waals surface area contributed by atoms with Crippen LogP contribution < -0.4 is 5.32 Å². The molecule has 1 aromatic rings. The standard InChI is InChI=1S/C15H19NO4/c1-9(14(17)18)16-13(15(19)20-2)12-7-10-5-3-4-6-11(10)8-12/h3-6,9,12-13,16H,7-8H2,1-2H3,(H,17,18)/t9-,13-/m0/s1. The number of rotatable bonds is 5. The van der Waals surface area contributed by atoms with Gasteiger partial charge in [0, 0.05) is 0 Å². The molecule has 1 aliphatic carbocycles. The molecule has 20 heavy (non-hydrogen) atoms. The molecular formula is C15H19NO4. The van der Waals surface area contributed by atoms with Gasteiger partial charge in [0.25, 0.3) is 0 Å². The normalized spacial score (nSPS) is 17.3. The first kappa shape index (κ1) is 14.5. The Balaban J connectivity index is 2.13. The third-order valence-electron chi connectivity index (χ3n) is 3.81. The molecule has 0 unspecified atom stereocenters. The number of carboxylic acids is 1. The number of nitrogens with one attached hydrogen (secondary N) is 1. The van der Waals surface area contributed by atoms with E-state index < -0.39 is 24.0 Å². The lowest BCUT2D eigenvalue weighted by molar-refractivity contribution is -0.146. The van der Waals surface area contributed by atoms with Crippen LogP contribution in [0.5, 0.6) is 0 Å². The van der Waals surface area contributed by atoms with Crippen LogP contribution in [0.4, 0.5) is 0 Å². The van der Waals surface area contributed by atoms with E-state index in [9.17, 15) is 9.59 Å². The summed E-state index contributed by atoms with van der Waals surface area (Å²) in [5.74, 6) is -1.35. The van der Waals surface area contributed by atoms with E-state index in [-0.39, 0.29) is 5.92 Å². The van der Waals surface area contributed by atoms with Crippen molar-refractivity contribution < 1.29 is 19.4 Å². The SMILES string of the molecule is COC(=O)[C@@H](N[C@@H](C)C(=O)O)C1Cc2ccccc2C1. The van der Waals surface area contributed by atoms with Crippen molar-refractivity contribution in [3.8, 4) is 0 Å². The summed E-state index contributed by atoms with van der Waals surface area (Å²) >= 11 is 0. The van der Waals surface area contributed by atoms with Crippen LogP contribution >= 0.6 is 0 Å². The molecule has 2 N–H and O–H groups in total. The summed E-state index contributed by atoms with van der Waals surface area (Å²) in [4.78, 5) is 22.9. The maximum Gasteiger partial charge on any atom is 0.323 e. The third-order valence-corrected chi connectivity index (χ3v) is 3.81. The number of fused-ring (bicyclic) bond motifs is 1. The zero-order valence-corrected chi connectivity index (χ0v) is 11.6. The molecule has 2 rings (SSSR count). The van der Waals surface area contributed by atoms with Gasteiger partial charge in [0.1, 0.15) is 12.1 Å². The predicted molar refractivity (Wildman–Crippen MR) is 73.4 cm³/mol. The number of aliphatic carboxylic acids is 1. The fourth-order valence-corrected chi connectivity index (χ4v) is 2.69. The largest absolute Gasteiger partial charge is 0.480 e. The van der Waals surface area contributed by atoms with Crippen molar-refractivity contribution in [3.63, 3.8) is 0 Å². The van der Waals surface area contributed by atoms with E-state index in [2.05, 4.69) is 5.32 Å². The molecule has 0 aliphatic heterocycles. The minimum Gasteiger partial charge on any atom is -0.480 e. The van der Waals surface area contributed by atoms with Gasteiger partial charge >= 0.3 is 11.9 Å². The van der Waals surface area contributed by atoms with Crippen molar-refractivity contribution >= 4 is 11.9 Å². The number of carboxylic acid groups (broad SMARTS) is 1. The molecule has 1 aromatic carbocycles. The molecule has 0 amide bonds. The lowest BCUT2D eigenvalue weighted by Gasteiger charge is -2.24. The van der Waals surface area contributed by atoms with Crippen LogP contribution in [-0.4, -0.2) is 36.2 Å². The summed E-state index contributed by atoms with van der Waals surface area (Å²) < 4.78 is 4.81. The average molecular weight is 277 g/mol. The van der Waals surface area contributed by atoms with Gasteiger partial charge in [-0.1, -0.05) is 24.3 Å². The van der Waals surface area contributed by atoms with Crippen molar-refractivity contribution in [2.24, 2.45) is 5.92 Å². The highest BCUT2D eigenvalue weighted by atomic mass is 16.5. The van der Waals surface area contributed by atoms with Gasteiger partial charge in [0.05, 0.1) is 7.11 Å². The van der Waals surface area contributed by atoms with E-state index in [0.717, 1.165) is 12.8 Å². The van der Waals surface area contributed by atoms with Gasteiger partial charge in [-0.3, -0.25) is 14.9 Å². The van der Waals surface area contributed by atoms with Crippen LogP contribution in [0.25, 0.3) is 0 Å². The van der Waals surface area contributed by atoms with Gasteiger partial charge in [-0.25, -0.2) is 0 Å². The maximum atomic E-state index is 11.9. The molecule has 0 bridgehead atoms. The Hall–Kier alpha value is -1.88. The smallest absolute Gasteiger partial charge is 0.323 e. The Morgan fingerprint density at radius 1 is 1.30 bits per heavy atom. The molecule has 0 saturated carbocycles.